The zero-order valence-electron chi connectivity index (χ0n) is 17.9. The smallest absolute Gasteiger partial charge is 0.410 e. The van der Waals surface area contributed by atoms with Crippen LogP contribution in [-0.2, 0) is 9.53 Å². The zero-order valence-corrected chi connectivity index (χ0v) is 17.9. The molecular formula is C23H32N2O4. The molecular weight excluding hydrogens is 368 g/mol. The first-order chi connectivity index (χ1) is 13.8. The minimum Gasteiger partial charge on any atom is -0.496 e. The van der Waals surface area contributed by atoms with E-state index in [2.05, 4.69) is 12.2 Å². The second kappa shape index (κ2) is 8.89. The summed E-state index contributed by atoms with van der Waals surface area (Å²) in [5.41, 5.74) is 0.359. The molecule has 2 amide bonds. The Hall–Kier alpha value is -2.50. The average molecular weight is 401 g/mol. The van der Waals surface area contributed by atoms with Crippen molar-refractivity contribution in [3.8, 4) is 5.75 Å². The van der Waals surface area contributed by atoms with Crippen molar-refractivity contribution in [3.05, 3.63) is 42.0 Å². The number of methoxy groups -OCH3 is 1. The molecule has 1 heterocycles. The molecule has 1 aliphatic carbocycles. The van der Waals surface area contributed by atoms with Crippen molar-refractivity contribution in [1.82, 2.24) is 9.80 Å². The molecule has 0 N–H and O–H groups in total. The maximum Gasteiger partial charge on any atom is 0.410 e. The van der Waals surface area contributed by atoms with E-state index >= 15 is 0 Å². The van der Waals surface area contributed by atoms with Gasteiger partial charge in [0.05, 0.1) is 13.2 Å². The average Bonchev–Trinajstić information content (AvgIpc) is 3.19. The Kier molecular flexibility index (Phi) is 6.50. The Morgan fingerprint density at radius 2 is 1.93 bits per heavy atom. The molecule has 6 heteroatoms. The number of amides is 2. The van der Waals surface area contributed by atoms with Crippen LogP contribution in [0.3, 0.4) is 0 Å². The molecule has 1 saturated heterocycles. The minimum atomic E-state index is -0.557. The van der Waals surface area contributed by atoms with Crippen molar-refractivity contribution in [2.75, 3.05) is 26.7 Å². The number of allylic oxidation sites excluding steroid dienone is 2. The van der Waals surface area contributed by atoms with Crippen LogP contribution < -0.4 is 4.74 Å². The fraction of sp³-hybridized carbons (Fsp3) is 0.565. The molecule has 1 aromatic carbocycles. The SMILES string of the molecule is COc1ccccc1[C@@H]1CN(C(=O)OC(C)(C)C)CCN1C(=O)C[C@H]1C=CCC1. The third-order valence-corrected chi connectivity index (χ3v) is 5.40. The van der Waals surface area contributed by atoms with Gasteiger partial charge in [0, 0.05) is 31.6 Å². The fourth-order valence-corrected chi connectivity index (χ4v) is 3.99. The molecule has 29 heavy (non-hydrogen) atoms. The van der Waals surface area contributed by atoms with Crippen molar-refractivity contribution in [2.45, 2.75) is 51.7 Å². The highest BCUT2D eigenvalue weighted by Crippen LogP contribution is 2.34. The van der Waals surface area contributed by atoms with Crippen LogP contribution in [0.1, 0.15) is 51.6 Å². The molecule has 0 aromatic heterocycles. The summed E-state index contributed by atoms with van der Waals surface area (Å²) in [5, 5.41) is 0. The van der Waals surface area contributed by atoms with E-state index in [1.54, 1.807) is 12.0 Å². The van der Waals surface area contributed by atoms with E-state index in [9.17, 15) is 9.59 Å². The predicted molar refractivity (Wildman–Crippen MR) is 112 cm³/mol. The van der Waals surface area contributed by atoms with E-state index < -0.39 is 5.60 Å². The van der Waals surface area contributed by atoms with Gasteiger partial charge >= 0.3 is 6.09 Å². The Morgan fingerprint density at radius 1 is 1.17 bits per heavy atom. The van der Waals surface area contributed by atoms with Gasteiger partial charge in [-0.1, -0.05) is 30.4 Å². The maximum atomic E-state index is 13.2. The number of benzene rings is 1. The van der Waals surface area contributed by atoms with Gasteiger partial charge in [-0.25, -0.2) is 4.79 Å². The predicted octanol–water partition coefficient (Wildman–Crippen LogP) is 4.17. The second-order valence-electron chi connectivity index (χ2n) is 8.74. The van der Waals surface area contributed by atoms with Gasteiger partial charge in [-0.2, -0.15) is 0 Å². The summed E-state index contributed by atoms with van der Waals surface area (Å²) < 4.78 is 11.1. The molecule has 0 radical (unpaired) electrons. The lowest BCUT2D eigenvalue weighted by Gasteiger charge is -2.42. The van der Waals surface area contributed by atoms with E-state index in [-0.39, 0.29) is 18.0 Å². The van der Waals surface area contributed by atoms with Gasteiger partial charge < -0.3 is 19.3 Å². The summed E-state index contributed by atoms with van der Waals surface area (Å²) >= 11 is 0. The Labute approximate surface area is 173 Å². The van der Waals surface area contributed by atoms with Gasteiger partial charge in [0.1, 0.15) is 11.4 Å². The molecule has 3 rings (SSSR count). The number of ether oxygens (including phenoxy) is 2. The molecule has 1 aromatic rings. The summed E-state index contributed by atoms with van der Waals surface area (Å²) in [4.78, 5) is 29.4. The minimum absolute atomic E-state index is 0.126. The quantitative estimate of drug-likeness (QED) is 0.712. The number of carbonyl (C=O) groups excluding carboxylic acids is 2. The van der Waals surface area contributed by atoms with Gasteiger partial charge in [0.15, 0.2) is 0 Å². The largest absolute Gasteiger partial charge is 0.496 e. The van der Waals surface area contributed by atoms with Crippen LogP contribution in [0.25, 0.3) is 0 Å². The Bertz CT molecular complexity index is 768. The monoisotopic (exact) mass is 400 g/mol. The van der Waals surface area contributed by atoms with Gasteiger partial charge in [-0.05, 0) is 45.6 Å². The normalized spacial score (nSPS) is 21.9. The molecule has 1 fully saturated rings. The molecule has 2 atom stereocenters. The number of piperazine rings is 1. The second-order valence-corrected chi connectivity index (χ2v) is 8.74. The summed E-state index contributed by atoms with van der Waals surface area (Å²) in [6.45, 7) is 6.91. The number of para-hydroxylation sites is 1. The van der Waals surface area contributed by atoms with Crippen molar-refractivity contribution >= 4 is 12.0 Å². The topological polar surface area (TPSA) is 59.1 Å². The van der Waals surface area contributed by atoms with Gasteiger partial charge in [0.2, 0.25) is 5.91 Å². The van der Waals surface area contributed by atoms with Crippen LogP contribution in [-0.4, -0.2) is 54.1 Å². The van der Waals surface area contributed by atoms with Crippen molar-refractivity contribution < 1.29 is 19.1 Å². The van der Waals surface area contributed by atoms with Crippen LogP contribution in [0.2, 0.25) is 0 Å². The van der Waals surface area contributed by atoms with E-state index in [1.807, 2.05) is 49.9 Å². The molecule has 6 nitrogen and oxygen atoms in total. The molecule has 0 saturated carbocycles. The molecule has 1 aliphatic heterocycles. The molecule has 0 unspecified atom stereocenters. The van der Waals surface area contributed by atoms with Crippen LogP contribution in [0, 0.1) is 5.92 Å². The highest BCUT2D eigenvalue weighted by molar-refractivity contribution is 5.78. The Morgan fingerprint density at radius 3 is 2.59 bits per heavy atom. The molecule has 0 spiro atoms. The molecule has 0 bridgehead atoms. The summed E-state index contributed by atoms with van der Waals surface area (Å²) in [6, 6.07) is 7.45. The van der Waals surface area contributed by atoms with Gasteiger partial charge in [-0.3, -0.25) is 4.79 Å². The molecule has 2 aliphatic rings. The zero-order chi connectivity index (χ0) is 21.0. The Balaban J connectivity index is 1.83. The fourth-order valence-electron chi connectivity index (χ4n) is 3.99. The van der Waals surface area contributed by atoms with Crippen molar-refractivity contribution in [2.24, 2.45) is 5.92 Å². The van der Waals surface area contributed by atoms with Crippen molar-refractivity contribution in [1.29, 1.82) is 0 Å². The summed E-state index contributed by atoms with van der Waals surface area (Å²) in [7, 11) is 1.63. The lowest BCUT2D eigenvalue weighted by Crippen LogP contribution is -2.53. The van der Waals surface area contributed by atoms with Gasteiger partial charge in [0.25, 0.3) is 0 Å². The summed E-state index contributed by atoms with van der Waals surface area (Å²) in [5.74, 6) is 1.16. The standard InChI is InChI=1S/C23H32N2O4/c1-23(2,3)29-22(27)24-13-14-25(21(26)15-17-9-5-6-10-17)19(16-24)18-11-7-8-12-20(18)28-4/h5,7-9,11-12,17,19H,6,10,13-16H2,1-4H3/t17-,19-/m0/s1. The lowest BCUT2D eigenvalue weighted by molar-refractivity contribution is -0.137. The maximum absolute atomic E-state index is 13.2. The first-order valence-electron chi connectivity index (χ1n) is 10.4. The highest BCUT2D eigenvalue weighted by Gasteiger charge is 2.36. The van der Waals surface area contributed by atoms with Gasteiger partial charge in [-0.15, -0.1) is 0 Å². The van der Waals surface area contributed by atoms with Crippen LogP contribution in [0.15, 0.2) is 36.4 Å². The summed E-state index contributed by atoms with van der Waals surface area (Å²) in [6.07, 6.45) is 6.53. The van der Waals surface area contributed by atoms with E-state index in [0.717, 1.165) is 24.2 Å². The number of hydrogen-bond donors (Lipinski definition) is 0. The van der Waals surface area contributed by atoms with Crippen LogP contribution >= 0.6 is 0 Å². The number of carbonyl (C=O) groups is 2. The van der Waals surface area contributed by atoms with E-state index in [0.29, 0.717) is 32.0 Å². The number of rotatable bonds is 4. The number of hydrogen-bond acceptors (Lipinski definition) is 4. The lowest BCUT2D eigenvalue weighted by atomic mass is 9.98. The first kappa shape index (κ1) is 21.2. The first-order valence-corrected chi connectivity index (χ1v) is 10.4. The van der Waals surface area contributed by atoms with Crippen LogP contribution in [0.4, 0.5) is 4.79 Å². The van der Waals surface area contributed by atoms with Crippen LogP contribution in [0.5, 0.6) is 5.75 Å². The third-order valence-electron chi connectivity index (χ3n) is 5.40. The highest BCUT2D eigenvalue weighted by atomic mass is 16.6. The van der Waals surface area contributed by atoms with E-state index in [4.69, 9.17) is 9.47 Å². The molecule has 158 valence electrons. The van der Waals surface area contributed by atoms with E-state index in [1.165, 1.54) is 0 Å². The van der Waals surface area contributed by atoms with Crippen molar-refractivity contribution in [3.63, 3.8) is 0 Å². The third kappa shape index (κ3) is 5.31. The number of nitrogens with zero attached hydrogens (tertiary/aromatic N) is 2.